The topological polar surface area (TPSA) is 59.6 Å². The zero-order chi connectivity index (χ0) is 12.0. The Kier molecular flexibility index (Phi) is 5.73. The third-order valence-electron chi connectivity index (χ3n) is 3.04. The van der Waals surface area contributed by atoms with Crippen molar-refractivity contribution in [2.75, 3.05) is 40.5 Å². The van der Waals surface area contributed by atoms with Crippen LogP contribution in [-0.2, 0) is 14.3 Å². The molecule has 0 aliphatic carbocycles. The van der Waals surface area contributed by atoms with E-state index in [2.05, 4.69) is 17.6 Å². The molecule has 1 aliphatic rings. The first-order valence-corrected chi connectivity index (χ1v) is 5.69. The molecule has 0 aromatic carbocycles. The SMILES string of the molecule is COCC(CNC(=O)[C@@H]1CNC[C@H]1C)OC. The summed E-state index contributed by atoms with van der Waals surface area (Å²) in [6.45, 7) is 4.79. The Morgan fingerprint density at radius 1 is 1.50 bits per heavy atom. The van der Waals surface area contributed by atoms with E-state index in [1.165, 1.54) is 0 Å². The zero-order valence-electron chi connectivity index (χ0n) is 10.3. The van der Waals surface area contributed by atoms with Crippen molar-refractivity contribution < 1.29 is 14.3 Å². The van der Waals surface area contributed by atoms with Crippen molar-refractivity contribution >= 4 is 5.91 Å². The highest BCUT2D eigenvalue weighted by atomic mass is 16.5. The van der Waals surface area contributed by atoms with Crippen LogP contribution in [0.15, 0.2) is 0 Å². The molecule has 1 heterocycles. The maximum atomic E-state index is 11.8. The van der Waals surface area contributed by atoms with Gasteiger partial charge in [-0.3, -0.25) is 4.79 Å². The summed E-state index contributed by atoms with van der Waals surface area (Å²) >= 11 is 0. The normalized spacial score (nSPS) is 26.7. The molecule has 0 radical (unpaired) electrons. The molecule has 2 N–H and O–H groups in total. The van der Waals surface area contributed by atoms with Crippen LogP contribution in [0.25, 0.3) is 0 Å². The highest BCUT2D eigenvalue weighted by molar-refractivity contribution is 5.79. The number of ether oxygens (including phenoxy) is 2. The molecule has 0 aromatic rings. The smallest absolute Gasteiger partial charge is 0.224 e. The van der Waals surface area contributed by atoms with E-state index in [9.17, 15) is 4.79 Å². The van der Waals surface area contributed by atoms with Gasteiger partial charge in [-0.2, -0.15) is 0 Å². The minimum Gasteiger partial charge on any atom is -0.382 e. The molecule has 3 atom stereocenters. The summed E-state index contributed by atoms with van der Waals surface area (Å²) in [5, 5.41) is 6.12. The summed E-state index contributed by atoms with van der Waals surface area (Å²) in [5.41, 5.74) is 0. The van der Waals surface area contributed by atoms with Crippen LogP contribution >= 0.6 is 0 Å². The third kappa shape index (κ3) is 3.73. The molecule has 1 rings (SSSR count). The molecule has 1 unspecified atom stereocenters. The fraction of sp³-hybridized carbons (Fsp3) is 0.909. The lowest BCUT2D eigenvalue weighted by molar-refractivity contribution is -0.126. The molecule has 0 saturated carbocycles. The number of methoxy groups -OCH3 is 2. The van der Waals surface area contributed by atoms with E-state index in [0.29, 0.717) is 19.1 Å². The number of carbonyl (C=O) groups excluding carboxylic acids is 1. The second-order valence-corrected chi connectivity index (χ2v) is 4.30. The van der Waals surface area contributed by atoms with Gasteiger partial charge in [-0.05, 0) is 12.5 Å². The Balaban J connectivity index is 2.28. The Morgan fingerprint density at radius 2 is 2.25 bits per heavy atom. The van der Waals surface area contributed by atoms with Crippen LogP contribution < -0.4 is 10.6 Å². The van der Waals surface area contributed by atoms with Crippen molar-refractivity contribution in [2.45, 2.75) is 13.0 Å². The highest BCUT2D eigenvalue weighted by Crippen LogP contribution is 2.15. The van der Waals surface area contributed by atoms with Gasteiger partial charge in [0.25, 0.3) is 0 Å². The molecule has 1 aliphatic heterocycles. The molecule has 16 heavy (non-hydrogen) atoms. The maximum Gasteiger partial charge on any atom is 0.224 e. The molecular formula is C11H22N2O3. The van der Waals surface area contributed by atoms with Gasteiger partial charge in [0.2, 0.25) is 5.91 Å². The van der Waals surface area contributed by atoms with E-state index in [4.69, 9.17) is 9.47 Å². The summed E-state index contributed by atoms with van der Waals surface area (Å²) in [6.07, 6.45) is -0.0707. The molecule has 5 heteroatoms. The quantitative estimate of drug-likeness (QED) is 0.653. The van der Waals surface area contributed by atoms with Gasteiger partial charge >= 0.3 is 0 Å². The summed E-state index contributed by atoms with van der Waals surface area (Å²) in [7, 11) is 3.24. The first-order chi connectivity index (χ1) is 7.69. The lowest BCUT2D eigenvalue weighted by Gasteiger charge is -2.18. The molecule has 0 aromatic heterocycles. The number of nitrogens with one attached hydrogen (secondary N) is 2. The van der Waals surface area contributed by atoms with E-state index in [0.717, 1.165) is 13.1 Å². The summed E-state index contributed by atoms with van der Waals surface area (Å²) in [5.74, 6) is 0.596. The largest absolute Gasteiger partial charge is 0.382 e. The molecule has 1 fully saturated rings. The van der Waals surface area contributed by atoms with E-state index in [1.807, 2.05) is 0 Å². The minimum atomic E-state index is -0.0707. The second kappa shape index (κ2) is 6.83. The second-order valence-electron chi connectivity index (χ2n) is 4.30. The Bertz CT molecular complexity index is 223. The fourth-order valence-electron chi connectivity index (χ4n) is 1.90. The molecule has 1 saturated heterocycles. The van der Waals surface area contributed by atoms with E-state index in [-0.39, 0.29) is 17.9 Å². The van der Waals surface area contributed by atoms with Crippen molar-refractivity contribution in [3.8, 4) is 0 Å². The Labute approximate surface area is 96.9 Å². The lowest BCUT2D eigenvalue weighted by Crippen LogP contribution is -2.40. The van der Waals surface area contributed by atoms with Crippen molar-refractivity contribution in [3.05, 3.63) is 0 Å². The summed E-state index contributed by atoms with van der Waals surface area (Å²) in [6, 6.07) is 0. The van der Waals surface area contributed by atoms with Crippen molar-refractivity contribution in [2.24, 2.45) is 11.8 Å². The van der Waals surface area contributed by atoms with Crippen LogP contribution in [0.3, 0.4) is 0 Å². The van der Waals surface area contributed by atoms with E-state index in [1.54, 1.807) is 14.2 Å². The predicted molar refractivity (Wildman–Crippen MR) is 61.2 cm³/mol. The summed E-state index contributed by atoms with van der Waals surface area (Å²) in [4.78, 5) is 11.8. The van der Waals surface area contributed by atoms with Gasteiger partial charge in [0, 0.05) is 27.3 Å². The molecule has 1 amide bonds. The van der Waals surface area contributed by atoms with E-state index >= 15 is 0 Å². The number of rotatable bonds is 6. The lowest BCUT2D eigenvalue weighted by atomic mass is 9.97. The van der Waals surface area contributed by atoms with Gasteiger partial charge in [0.15, 0.2) is 0 Å². The highest BCUT2D eigenvalue weighted by Gasteiger charge is 2.29. The van der Waals surface area contributed by atoms with Gasteiger partial charge in [-0.25, -0.2) is 0 Å². The first-order valence-electron chi connectivity index (χ1n) is 5.69. The van der Waals surface area contributed by atoms with Crippen LogP contribution in [0, 0.1) is 11.8 Å². The van der Waals surface area contributed by atoms with Gasteiger partial charge in [0.1, 0.15) is 0 Å². The molecule has 0 spiro atoms. The number of amides is 1. The standard InChI is InChI=1S/C11H22N2O3/c1-8-4-12-6-10(8)11(14)13-5-9(16-3)7-15-2/h8-10,12H,4-7H2,1-3H3,(H,13,14)/t8-,9?,10-/m1/s1. The number of carbonyl (C=O) groups is 1. The van der Waals surface area contributed by atoms with Gasteiger partial charge in [-0.1, -0.05) is 6.92 Å². The molecule has 0 bridgehead atoms. The van der Waals surface area contributed by atoms with Crippen molar-refractivity contribution in [1.29, 1.82) is 0 Å². The zero-order valence-corrected chi connectivity index (χ0v) is 10.3. The Morgan fingerprint density at radius 3 is 2.75 bits per heavy atom. The predicted octanol–water partition coefficient (Wildman–Crippen LogP) is -0.380. The van der Waals surface area contributed by atoms with Gasteiger partial charge in [0.05, 0.1) is 18.6 Å². The first kappa shape index (κ1) is 13.4. The van der Waals surface area contributed by atoms with Crippen LogP contribution in [-0.4, -0.2) is 52.5 Å². The average molecular weight is 230 g/mol. The fourth-order valence-corrected chi connectivity index (χ4v) is 1.90. The summed E-state index contributed by atoms with van der Waals surface area (Å²) < 4.78 is 10.2. The van der Waals surface area contributed by atoms with Crippen LogP contribution in [0.5, 0.6) is 0 Å². The monoisotopic (exact) mass is 230 g/mol. The van der Waals surface area contributed by atoms with Crippen LogP contribution in [0.1, 0.15) is 6.92 Å². The van der Waals surface area contributed by atoms with Crippen LogP contribution in [0.4, 0.5) is 0 Å². The maximum absolute atomic E-state index is 11.8. The minimum absolute atomic E-state index is 0.0707. The molecule has 94 valence electrons. The Hall–Kier alpha value is -0.650. The van der Waals surface area contributed by atoms with Crippen molar-refractivity contribution in [3.63, 3.8) is 0 Å². The van der Waals surface area contributed by atoms with Gasteiger partial charge in [-0.15, -0.1) is 0 Å². The van der Waals surface area contributed by atoms with Crippen molar-refractivity contribution in [1.82, 2.24) is 10.6 Å². The van der Waals surface area contributed by atoms with Gasteiger partial charge < -0.3 is 20.1 Å². The van der Waals surface area contributed by atoms with Crippen LogP contribution in [0.2, 0.25) is 0 Å². The number of hydrogen-bond acceptors (Lipinski definition) is 4. The molecular weight excluding hydrogens is 208 g/mol. The number of hydrogen-bond donors (Lipinski definition) is 2. The average Bonchev–Trinajstić information content (AvgIpc) is 2.70. The molecule has 5 nitrogen and oxygen atoms in total. The van der Waals surface area contributed by atoms with E-state index < -0.39 is 0 Å². The third-order valence-corrected chi connectivity index (χ3v) is 3.04.